The lowest BCUT2D eigenvalue weighted by molar-refractivity contribution is 0.932. The van der Waals surface area contributed by atoms with Crippen LogP contribution in [0.5, 0.6) is 0 Å². The molecular weight excluding hydrogens is 218 g/mol. The summed E-state index contributed by atoms with van der Waals surface area (Å²) in [7, 11) is 0. The van der Waals surface area contributed by atoms with Crippen molar-refractivity contribution in [1.29, 1.82) is 0 Å². The quantitative estimate of drug-likeness (QED) is 0.820. The van der Waals surface area contributed by atoms with Gasteiger partial charge in [-0.25, -0.2) is 0 Å². The third-order valence-corrected chi connectivity index (χ3v) is 3.03. The first-order chi connectivity index (χ1) is 8.75. The maximum Gasteiger partial charge on any atom is 0.0446 e. The van der Waals surface area contributed by atoms with Gasteiger partial charge in [0.15, 0.2) is 0 Å². The Morgan fingerprint density at radius 2 is 1.50 bits per heavy atom. The fourth-order valence-electron chi connectivity index (χ4n) is 1.84. The minimum atomic E-state index is 0.326. The fraction of sp³-hybridized carbons (Fsp3) is 0.176. The molecule has 1 heteroatoms. The van der Waals surface area contributed by atoms with Gasteiger partial charge in [0.2, 0.25) is 0 Å². The lowest BCUT2D eigenvalue weighted by Crippen LogP contribution is -2.16. The van der Waals surface area contributed by atoms with E-state index < -0.39 is 0 Å². The molecule has 0 heterocycles. The molecule has 2 rings (SSSR count). The second-order valence-electron chi connectivity index (χ2n) is 4.53. The average molecular weight is 237 g/mol. The summed E-state index contributed by atoms with van der Waals surface area (Å²) < 4.78 is 0. The first-order valence-corrected chi connectivity index (χ1v) is 6.30. The van der Waals surface area contributed by atoms with Crippen LogP contribution < -0.4 is 5.32 Å². The second kappa shape index (κ2) is 6.06. The van der Waals surface area contributed by atoms with E-state index in [2.05, 4.69) is 61.6 Å². The molecule has 0 saturated carbocycles. The van der Waals surface area contributed by atoms with Crippen molar-refractivity contribution in [3.63, 3.8) is 0 Å². The highest BCUT2D eigenvalue weighted by Gasteiger charge is 2.03. The Kier molecular flexibility index (Phi) is 4.19. The van der Waals surface area contributed by atoms with Crippen molar-refractivity contribution < 1.29 is 0 Å². The third kappa shape index (κ3) is 3.49. The molecule has 0 fully saturated rings. The minimum absolute atomic E-state index is 0.326. The van der Waals surface area contributed by atoms with Gasteiger partial charge in [0.25, 0.3) is 0 Å². The van der Waals surface area contributed by atoms with Gasteiger partial charge < -0.3 is 5.32 Å². The first kappa shape index (κ1) is 12.4. The molecule has 1 nitrogen and oxygen atoms in total. The predicted molar refractivity (Wildman–Crippen MR) is 79.6 cm³/mol. The highest BCUT2D eigenvalue weighted by atomic mass is 14.9. The van der Waals surface area contributed by atoms with Gasteiger partial charge in [0.1, 0.15) is 0 Å². The van der Waals surface area contributed by atoms with Crippen LogP contribution in [0, 0.1) is 0 Å². The van der Waals surface area contributed by atoms with Gasteiger partial charge in [0.05, 0.1) is 0 Å². The van der Waals surface area contributed by atoms with E-state index in [-0.39, 0.29) is 0 Å². The summed E-state index contributed by atoms with van der Waals surface area (Å²) in [6.07, 6.45) is 2.22. The van der Waals surface area contributed by atoms with Crippen molar-refractivity contribution in [3.8, 4) is 0 Å². The van der Waals surface area contributed by atoms with Gasteiger partial charge in [-0.1, -0.05) is 60.2 Å². The molecule has 0 aliphatic rings. The molecule has 1 atom stereocenters. The van der Waals surface area contributed by atoms with Gasteiger partial charge in [0, 0.05) is 11.7 Å². The summed E-state index contributed by atoms with van der Waals surface area (Å²) in [6.45, 7) is 4.34. The standard InChI is InChI=1S/C17H19N/c1-14(13-16-9-5-3-6-10-16)15(2)18-17-11-7-4-8-12-17/h3-13,15,18H,1-2H3/b14-13+. The number of nitrogens with one attached hydrogen (secondary N) is 1. The van der Waals surface area contributed by atoms with E-state index in [9.17, 15) is 0 Å². The van der Waals surface area contributed by atoms with E-state index >= 15 is 0 Å². The van der Waals surface area contributed by atoms with Crippen LogP contribution in [-0.4, -0.2) is 6.04 Å². The van der Waals surface area contributed by atoms with Crippen molar-refractivity contribution in [2.75, 3.05) is 5.32 Å². The monoisotopic (exact) mass is 237 g/mol. The largest absolute Gasteiger partial charge is 0.379 e. The number of hydrogen-bond acceptors (Lipinski definition) is 1. The summed E-state index contributed by atoms with van der Waals surface area (Å²) in [5.74, 6) is 0. The zero-order valence-corrected chi connectivity index (χ0v) is 10.9. The summed E-state index contributed by atoms with van der Waals surface area (Å²) >= 11 is 0. The summed E-state index contributed by atoms with van der Waals surface area (Å²) in [5.41, 5.74) is 3.73. The zero-order valence-electron chi connectivity index (χ0n) is 10.9. The van der Waals surface area contributed by atoms with Crippen molar-refractivity contribution >= 4 is 11.8 Å². The highest BCUT2D eigenvalue weighted by molar-refractivity contribution is 5.55. The molecule has 92 valence electrons. The Morgan fingerprint density at radius 1 is 0.944 bits per heavy atom. The molecule has 2 aromatic carbocycles. The summed E-state index contributed by atoms with van der Waals surface area (Å²) in [4.78, 5) is 0. The molecule has 2 aromatic rings. The van der Waals surface area contributed by atoms with E-state index in [0.29, 0.717) is 6.04 Å². The van der Waals surface area contributed by atoms with Crippen molar-refractivity contribution in [3.05, 3.63) is 71.8 Å². The van der Waals surface area contributed by atoms with Crippen LogP contribution in [0.1, 0.15) is 19.4 Å². The molecule has 18 heavy (non-hydrogen) atoms. The minimum Gasteiger partial charge on any atom is -0.379 e. The molecule has 0 spiro atoms. The molecule has 1 unspecified atom stereocenters. The number of hydrogen-bond donors (Lipinski definition) is 1. The second-order valence-corrected chi connectivity index (χ2v) is 4.53. The van der Waals surface area contributed by atoms with Crippen LogP contribution in [0.25, 0.3) is 6.08 Å². The molecule has 0 aliphatic heterocycles. The van der Waals surface area contributed by atoms with Crippen LogP contribution in [0.4, 0.5) is 5.69 Å². The topological polar surface area (TPSA) is 12.0 Å². The number of anilines is 1. The molecule has 0 saturated heterocycles. The van der Waals surface area contributed by atoms with Crippen molar-refractivity contribution in [2.24, 2.45) is 0 Å². The van der Waals surface area contributed by atoms with E-state index in [1.54, 1.807) is 0 Å². The maximum absolute atomic E-state index is 3.49. The van der Waals surface area contributed by atoms with E-state index in [1.165, 1.54) is 11.1 Å². The van der Waals surface area contributed by atoms with Crippen molar-refractivity contribution in [1.82, 2.24) is 0 Å². The molecule has 1 N–H and O–H groups in total. The molecule has 0 amide bonds. The van der Waals surface area contributed by atoms with E-state index in [1.807, 2.05) is 24.3 Å². The van der Waals surface area contributed by atoms with Gasteiger partial charge in [-0.2, -0.15) is 0 Å². The Balaban J connectivity index is 2.05. The summed E-state index contributed by atoms with van der Waals surface area (Å²) in [5, 5.41) is 3.49. The molecule has 0 aliphatic carbocycles. The van der Waals surface area contributed by atoms with Gasteiger partial charge in [-0.05, 0) is 31.5 Å². The van der Waals surface area contributed by atoms with Crippen LogP contribution in [0.3, 0.4) is 0 Å². The Morgan fingerprint density at radius 3 is 2.11 bits per heavy atom. The summed E-state index contributed by atoms with van der Waals surface area (Å²) in [6, 6.07) is 21.0. The average Bonchev–Trinajstić information content (AvgIpc) is 2.41. The van der Waals surface area contributed by atoms with E-state index in [4.69, 9.17) is 0 Å². The molecule has 0 radical (unpaired) electrons. The number of rotatable bonds is 4. The zero-order chi connectivity index (χ0) is 12.8. The smallest absolute Gasteiger partial charge is 0.0446 e. The fourth-order valence-corrected chi connectivity index (χ4v) is 1.84. The number of para-hydroxylation sites is 1. The lowest BCUT2D eigenvalue weighted by Gasteiger charge is -2.16. The van der Waals surface area contributed by atoms with Gasteiger partial charge >= 0.3 is 0 Å². The Bertz CT molecular complexity index is 500. The van der Waals surface area contributed by atoms with Gasteiger partial charge in [-0.3, -0.25) is 0 Å². The Hall–Kier alpha value is -2.02. The van der Waals surface area contributed by atoms with Crippen molar-refractivity contribution in [2.45, 2.75) is 19.9 Å². The van der Waals surface area contributed by atoms with Gasteiger partial charge in [-0.15, -0.1) is 0 Å². The van der Waals surface area contributed by atoms with Crippen LogP contribution >= 0.6 is 0 Å². The highest BCUT2D eigenvalue weighted by Crippen LogP contribution is 2.14. The third-order valence-electron chi connectivity index (χ3n) is 3.03. The van der Waals surface area contributed by atoms with Crippen LogP contribution in [0.2, 0.25) is 0 Å². The first-order valence-electron chi connectivity index (χ1n) is 6.30. The molecular formula is C17H19N. The predicted octanol–water partition coefficient (Wildman–Crippen LogP) is 4.59. The Labute approximate surface area is 109 Å². The lowest BCUT2D eigenvalue weighted by atomic mass is 10.1. The maximum atomic E-state index is 3.49. The van der Waals surface area contributed by atoms with E-state index in [0.717, 1.165) is 5.69 Å². The molecule has 0 bridgehead atoms. The van der Waals surface area contributed by atoms with Crippen LogP contribution in [0.15, 0.2) is 66.2 Å². The SMILES string of the molecule is C/C(=C\c1ccccc1)C(C)Nc1ccccc1. The molecule has 0 aromatic heterocycles. The van der Waals surface area contributed by atoms with Crippen LogP contribution in [-0.2, 0) is 0 Å². The normalized spacial score (nSPS) is 13.1. The number of benzene rings is 2.